The third kappa shape index (κ3) is 4.72. The van der Waals surface area contributed by atoms with Gasteiger partial charge >= 0.3 is 6.18 Å². The van der Waals surface area contributed by atoms with Gasteiger partial charge in [0.1, 0.15) is 5.69 Å². The molecule has 0 bridgehead atoms. The summed E-state index contributed by atoms with van der Waals surface area (Å²) in [5, 5.41) is 3.58. The Morgan fingerprint density at radius 3 is 2.45 bits per heavy atom. The smallest absolute Gasteiger partial charge is 0.398 e. The topological polar surface area (TPSA) is 115 Å². The number of aromatic nitrogens is 3. The molecule has 0 aliphatic rings. The van der Waals surface area contributed by atoms with Gasteiger partial charge < -0.3 is 5.73 Å². The fourth-order valence-electron chi connectivity index (χ4n) is 2.56. The maximum absolute atomic E-state index is 13.2. The van der Waals surface area contributed by atoms with Gasteiger partial charge in [0, 0.05) is 23.0 Å². The Kier molecular flexibility index (Phi) is 6.09. The molecule has 0 radical (unpaired) electrons. The highest BCUT2D eigenvalue weighted by Gasteiger charge is 2.36. The molecule has 2 amide bonds. The molecule has 2 heterocycles. The molecule has 0 fully saturated rings. The minimum atomic E-state index is -4.84. The molecule has 0 aliphatic carbocycles. The van der Waals surface area contributed by atoms with Gasteiger partial charge in [0.2, 0.25) is 0 Å². The number of benzene rings is 1. The Balaban J connectivity index is 1.90. The van der Waals surface area contributed by atoms with Crippen molar-refractivity contribution in [2.24, 2.45) is 0 Å². The summed E-state index contributed by atoms with van der Waals surface area (Å²) in [6.07, 6.45) is -3.57. The quantitative estimate of drug-likeness (QED) is 0.398. The van der Waals surface area contributed by atoms with Gasteiger partial charge in [-0.05, 0) is 36.8 Å². The van der Waals surface area contributed by atoms with Gasteiger partial charge in [-0.1, -0.05) is 23.2 Å². The highest BCUT2D eigenvalue weighted by atomic mass is 35.5. The molecule has 8 nitrogen and oxygen atoms in total. The number of rotatable bonds is 3. The normalized spacial score (nSPS) is 11.3. The van der Waals surface area contributed by atoms with Crippen LogP contribution in [0.5, 0.6) is 0 Å². The number of carbonyl (C=O) groups excluding carboxylic acids is 2. The summed E-state index contributed by atoms with van der Waals surface area (Å²) in [5.41, 5.74) is 8.66. The molecule has 2 aromatic heterocycles. The van der Waals surface area contributed by atoms with Crippen molar-refractivity contribution < 1.29 is 22.8 Å². The van der Waals surface area contributed by atoms with Crippen molar-refractivity contribution >= 4 is 40.7 Å². The van der Waals surface area contributed by atoms with Gasteiger partial charge in [0.15, 0.2) is 11.5 Å². The fraction of sp³-hybridized carbons (Fsp3) is 0.111. The number of pyridine rings is 1. The van der Waals surface area contributed by atoms with Crippen molar-refractivity contribution in [3.8, 4) is 5.82 Å². The van der Waals surface area contributed by atoms with Gasteiger partial charge in [-0.25, -0.2) is 9.67 Å². The fourth-order valence-corrected chi connectivity index (χ4v) is 3.04. The maximum atomic E-state index is 13.2. The van der Waals surface area contributed by atoms with E-state index >= 15 is 0 Å². The molecule has 0 atom stereocenters. The van der Waals surface area contributed by atoms with E-state index in [1.807, 2.05) is 5.43 Å². The summed E-state index contributed by atoms with van der Waals surface area (Å²) in [7, 11) is 0. The zero-order chi connectivity index (χ0) is 22.9. The van der Waals surface area contributed by atoms with Crippen LogP contribution in [-0.4, -0.2) is 26.6 Å². The van der Waals surface area contributed by atoms with E-state index in [0.717, 1.165) is 0 Å². The maximum Gasteiger partial charge on any atom is 0.435 e. The standard InChI is InChI=1S/C18H13Cl2F3N6O2/c1-8-5-9(19)6-10(14(8)24)16(30)26-27-17(31)12-7-13(18(21,22)23)28-29(12)15-11(20)3-2-4-25-15/h2-7H,24H2,1H3,(H,26,30)(H,27,31). The van der Waals surface area contributed by atoms with E-state index in [2.05, 4.69) is 15.5 Å². The summed E-state index contributed by atoms with van der Waals surface area (Å²) in [4.78, 5) is 28.8. The average molecular weight is 473 g/mol. The molecule has 0 saturated carbocycles. The number of nitrogens with two attached hydrogens (primary N) is 1. The van der Waals surface area contributed by atoms with E-state index in [0.29, 0.717) is 16.3 Å². The Morgan fingerprint density at radius 2 is 1.81 bits per heavy atom. The number of anilines is 1. The molecule has 0 aliphatic heterocycles. The third-order valence-corrected chi connectivity index (χ3v) is 4.57. The number of nitrogens with one attached hydrogen (secondary N) is 2. The van der Waals surface area contributed by atoms with Crippen LogP contribution < -0.4 is 16.6 Å². The lowest BCUT2D eigenvalue weighted by atomic mass is 10.1. The second-order valence-electron chi connectivity index (χ2n) is 6.23. The third-order valence-electron chi connectivity index (χ3n) is 4.06. The van der Waals surface area contributed by atoms with Crippen LogP contribution in [0.1, 0.15) is 32.1 Å². The van der Waals surface area contributed by atoms with Crippen LogP contribution in [0.15, 0.2) is 36.5 Å². The number of halogens is 5. The molecular formula is C18H13Cl2F3N6O2. The van der Waals surface area contributed by atoms with E-state index in [9.17, 15) is 22.8 Å². The number of carbonyl (C=O) groups is 2. The van der Waals surface area contributed by atoms with Crippen LogP contribution in [0.4, 0.5) is 18.9 Å². The second kappa shape index (κ2) is 8.44. The number of hydrogen-bond acceptors (Lipinski definition) is 5. The Morgan fingerprint density at radius 1 is 1.13 bits per heavy atom. The van der Waals surface area contributed by atoms with E-state index in [-0.39, 0.29) is 27.1 Å². The lowest BCUT2D eigenvalue weighted by Gasteiger charge is -2.12. The molecule has 3 aromatic rings. The monoisotopic (exact) mass is 472 g/mol. The number of amides is 2. The SMILES string of the molecule is Cc1cc(Cl)cc(C(=O)NNC(=O)c2cc(C(F)(F)F)nn2-c2ncccc2Cl)c1N. The first-order chi connectivity index (χ1) is 14.5. The van der Waals surface area contributed by atoms with Crippen molar-refractivity contribution in [2.75, 3.05) is 5.73 Å². The first-order valence-corrected chi connectivity index (χ1v) is 9.19. The molecule has 0 saturated heterocycles. The minimum absolute atomic E-state index is 0.0254. The lowest BCUT2D eigenvalue weighted by molar-refractivity contribution is -0.141. The van der Waals surface area contributed by atoms with Gasteiger partial charge in [-0.15, -0.1) is 0 Å². The van der Waals surface area contributed by atoms with E-state index in [1.54, 1.807) is 13.0 Å². The van der Waals surface area contributed by atoms with Crippen LogP contribution in [0.3, 0.4) is 0 Å². The molecule has 31 heavy (non-hydrogen) atoms. The predicted molar refractivity (Wildman–Crippen MR) is 107 cm³/mol. The zero-order valence-corrected chi connectivity index (χ0v) is 17.1. The predicted octanol–water partition coefficient (Wildman–Crippen LogP) is 3.56. The Labute approximate surface area is 183 Å². The molecule has 0 spiro atoms. The van der Waals surface area contributed by atoms with Crippen molar-refractivity contribution in [1.82, 2.24) is 25.6 Å². The van der Waals surface area contributed by atoms with E-state index in [4.69, 9.17) is 28.9 Å². The minimum Gasteiger partial charge on any atom is -0.398 e. The summed E-state index contributed by atoms with van der Waals surface area (Å²) < 4.78 is 40.1. The summed E-state index contributed by atoms with van der Waals surface area (Å²) >= 11 is 11.9. The Bertz CT molecular complexity index is 1180. The van der Waals surface area contributed by atoms with Crippen LogP contribution in [0.25, 0.3) is 5.82 Å². The summed E-state index contributed by atoms with van der Waals surface area (Å²) in [6, 6.07) is 6.15. The first-order valence-electron chi connectivity index (χ1n) is 8.43. The van der Waals surface area contributed by atoms with Gasteiger partial charge in [0.25, 0.3) is 11.8 Å². The van der Waals surface area contributed by atoms with Crippen LogP contribution >= 0.6 is 23.2 Å². The van der Waals surface area contributed by atoms with Crippen molar-refractivity contribution in [1.29, 1.82) is 0 Å². The van der Waals surface area contributed by atoms with Crippen LogP contribution in [0.2, 0.25) is 10.0 Å². The van der Waals surface area contributed by atoms with Crippen LogP contribution in [0, 0.1) is 6.92 Å². The Hall–Kier alpha value is -3.31. The number of alkyl halides is 3. The molecule has 13 heteroatoms. The van der Waals surface area contributed by atoms with E-state index in [1.165, 1.54) is 24.4 Å². The van der Waals surface area contributed by atoms with Crippen LogP contribution in [-0.2, 0) is 6.18 Å². The zero-order valence-electron chi connectivity index (χ0n) is 15.6. The molecular weight excluding hydrogens is 460 g/mol. The van der Waals surface area contributed by atoms with Crippen molar-refractivity contribution in [3.05, 3.63) is 69.1 Å². The second-order valence-corrected chi connectivity index (χ2v) is 7.07. The molecule has 1 aromatic carbocycles. The molecule has 3 rings (SSSR count). The lowest BCUT2D eigenvalue weighted by Crippen LogP contribution is -2.42. The molecule has 4 N–H and O–H groups in total. The highest BCUT2D eigenvalue weighted by molar-refractivity contribution is 6.32. The summed E-state index contributed by atoms with van der Waals surface area (Å²) in [5.74, 6) is -2.13. The van der Waals surface area contributed by atoms with Gasteiger partial charge in [0.05, 0.1) is 10.6 Å². The van der Waals surface area contributed by atoms with Crippen molar-refractivity contribution in [2.45, 2.75) is 13.1 Å². The van der Waals surface area contributed by atoms with Crippen molar-refractivity contribution in [3.63, 3.8) is 0 Å². The molecule has 162 valence electrons. The largest absolute Gasteiger partial charge is 0.435 e. The van der Waals surface area contributed by atoms with Gasteiger partial charge in [-0.2, -0.15) is 18.3 Å². The van der Waals surface area contributed by atoms with Gasteiger partial charge in [-0.3, -0.25) is 20.4 Å². The van der Waals surface area contributed by atoms with E-state index < -0.39 is 29.4 Å². The average Bonchev–Trinajstić information content (AvgIpc) is 3.14. The number of hydrazine groups is 1. The number of nitrogen functional groups attached to an aromatic ring is 1. The number of hydrogen-bond donors (Lipinski definition) is 3. The highest BCUT2D eigenvalue weighted by Crippen LogP contribution is 2.30. The molecule has 0 unspecified atom stereocenters. The number of aryl methyl sites for hydroxylation is 1. The number of nitrogens with zero attached hydrogens (tertiary/aromatic N) is 3. The first kappa shape index (κ1) is 22.4. The summed E-state index contributed by atoms with van der Waals surface area (Å²) in [6.45, 7) is 1.63.